The molecule has 5 rings (SSSR count). The molecule has 1 aliphatic rings. The maximum absolute atomic E-state index is 13.3. The van der Waals surface area contributed by atoms with Crippen molar-refractivity contribution in [1.82, 2.24) is 24.5 Å². The van der Waals surface area contributed by atoms with E-state index >= 15 is 0 Å². The number of benzene rings is 1. The molecule has 29 heavy (non-hydrogen) atoms. The topological polar surface area (TPSA) is 85.9 Å². The van der Waals surface area contributed by atoms with Crippen molar-refractivity contribution >= 4 is 26.6 Å². The fourth-order valence-corrected chi connectivity index (χ4v) is 4.68. The third-order valence-electron chi connectivity index (χ3n) is 5.35. The molecule has 0 spiro atoms. The summed E-state index contributed by atoms with van der Waals surface area (Å²) in [5.74, 6) is 1.20. The van der Waals surface area contributed by atoms with Gasteiger partial charge in [-0.25, -0.2) is 18.1 Å². The Kier molecular flexibility index (Phi) is 3.95. The van der Waals surface area contributed by atoms with Crippen molar-refractivity contribution in [2.24, 2.45) is 7.05 Å². The van der Waals surface area contributed by atoms with Crippen LogP contribution in [0.1, 0.15) is 24.3 Å². The van der Waals surface area contributed by atoms with Crippen molar-refractivity contribution in [3.8, 4) is 5.82 Å². The van der Waals surface area contributed by atoms with Crippen LogP contribution in [0.5, 0.6) is 0 Å². The number of fused-ring (bicyclic) bond motifs is 1. The first-order valence-corrected chi connectivity index (χ1v) is 10.8. The second-order valence-corrected chi connectivity index (χ2v) is 9.27. The summed E-state index contributed by atoms with van der Waals surface area (Å²) in [6.07, 6.45) is 8.71. The van der Waals surface area contributed by atoms with Crippen LogP contribution in [-0.2, 0) is 17.1 Å². The number of aromatic nitrogens is 5. The Morgan fingerprint density at radius 1 is 1.14 bits per heavy atom. The highest BCUT2D eigenvalue weighted by Gasteiger charge is 2.27. The zero-order valence-corrected chi connectivity index (χ0v) is 16.9. The number of pyridine rings is 1. The minimum Gasteiger partial charge on any atom is -0.267 e. The average Bonchev–Trinajstić information content (AvgIpc) is 3.33. The number of para-hydroxylation sites is 1. The molecule has 0 radical (unpaired) electrons. The molecule has 0 bridgehead atoms. The molecule has 4 aromatic rings. The molecule has 9 heteroatoms. The van der Waals surface area contributed by atoms with Gasteiger partial charge < -0.3 is 0 Å². The van der Waals surface area contributed by atoms with E-state index in [0.717, 1.165) is 10.9 Å². The molecule has 0 aliphatic heterocycles. The minimum absolute atomic E-state index is 0.109. The predicted octanol–water partition coefficient (Wildman–Crippen LogP) is 2.86. The van der Waals surface area contributed by atoms with E-state index in [1.54, 1.807) is 37.2 Å². The van der Waals surface area contributed by atoms with Crippen LogP contribution < -0.4 is 4.31 Å². The van der Waals surface area contributed by atoms with E-state index in [0.29, 0.717) is 17.4 Å². The van der Waals surface area contributed by atoms with Crippen molar-refractivity contribution in [3.05, 3.63) is 60.7 Å². The van der Waals surface area contributed by atoms with Crippen molar-refractivity contribution in [3.63, 3.8) is 0 Å². The summed E-state index contributed by atoms with van der Waals surface area (Å²) in [4.78, 5) is 4.45. The molecule has 1 aromatic carbocycles. The predicted molar refractivity (Wildman–Crippen MR) is 110 cm³/mol. The van der Waals surface area contributed by atoms with Crippen molar-refractivity contribution in [2.45, 2.75) is 23.7 Å². The Bertz CT molecular complexity index is 1320. The zero-order valence-electron chi connectivity index (χ0n) is 16.1. The molecule has 1 fully saturated rings. The summed E-state index contributed by atoms with van der Waals surface area (Å²) in [6, 6.07) is 9.48. The fraction of sp³-hybridized carbons (Fsp3) is 0.250. The number of aryl methyl sites for hydroxylation is 1. The molecular formula is C20H20N6O2S. The van der Waals surface area contributed by atoms with Crippen LogP contribution in [0, 0.1) is 0 Å². The van der Waals surface area contributed by atoms with Gasteiger partial charge in [0.2, 0.25) is 0 Å². The first kappa shape index (κ1) is 17.9. The van der Waals surface area contributed by atoms with Gasteiger partial charge in [0.1, 0.15) is 4.90 Å². The van der Waals surface area contributed by atoms with E-state index in [9.17, 15) is 8.42 Å². The van der Waals surface area contributed by atoms with Gasteiger partial charge in [-0.15, -0.1) is 0 Å². The third-order valence-corrected chi connectivity index (χ3v) is 7.07. The van der Waals surface area contributed by atoms with Gasteiger partial charge in [-0.2, -0.15) is 10.2 Å². The van der Waals surface area contributed by atoms with E-state index in [1.165, 1.54) is 39.8 Å². The van der Waals surface area contributed by atoms with E-state index in [-0.39, 0.29) is 4.90 Å². The van der Waals surface area contributed by atoms with Crippen molar-refractivity contribution in [2.75, 3.05) is 11.4 Å². The second kappa shape index (κ2) is 6.41. The Morgan fingerprint density at radius 2 is 1.97 bits per heavy atom. The lowest BCUT2D eigenvalue weighted by Crippen LogP contribution is -2.26. The van der Waals surface area contributed by atoms with Gasteiger partial charge in [-0.05, 0) is 42.5 Å². The first-order valence-electron chi connectivity index (χ1n) is 9.36. The molecule has 0 unspecified atom stereocenters. The van der Waals surface area contributed by atoms with Crippen LogP contribution in [0.15, 0.2) is 60.0 Å². The summed E-state index contributed by atoms with van der Waals surface area (Å²) >= 11 is 0. The number of hydrogen-bond donors (Lipinski definition) is 0. The van der Waals surface area contributed by atoms with Crippen molar-refractivity contribution < 1.29 is 8.42 Å². The molecule has 8 nitrogen and oxygen atoms in total. The normalized spacial score (nSPS) is 14.4. The summed E-state index contributed by atoms with van der Waals surface area (Å²) in [7, 11) is -0.462. The highest BCUT2D eigenvalue weighted by molar-refractivity contribution is 7.92. The lowest BCUT2D eigenvalue weighted by Gasteiger charge is -2.19. The fourth-order valence-electron chi connectivity index (χ4n) is 3.55. The molecule has 3 heterocycles. The lowest BCUT2D eigenvalue weighted by atomic mass is 10.2. The Morgan fingerprint density at radius 3 is 2.76 bits per heavy atom. The number of sulfonamides is 1. The molecule has 1 aliphatic carbocycles. The van der Waals surface area contributed by atoms with Crippen molar-refractivity contribution in [1.29, 1.82) is 0 Å². The van der Waals surface area contributed by atoms with E-state index < -0.39 is 10.0 Å². The molecule has 0 saturated heterocycles. The smallest absolute Gasteiger partial charge is 0.267 e. The van der Waals surface area contributed by atoms with Crippen LogP contribution in [0.4, 0.5) is 5.69 Å². The number of rotatable bonds is 5. The van der Waals surface area contributed by atoms with Gasteiger partial charge in [0.15, 0.2) is 5.82 Å². The lowest BCUT2D eigenvalue weighted by molar-refractivity contribution is 0.594. The molecular weight excluding hydrogens is 388 g/mol. The standard InChI is InChI=1S/C20H20N6O2S/c1-24-20-16(11-22-24)4-3-5-18(20)25(2)29(27,28)17-12-23-26(13-17)19-10-15(8-9-21-19)14-6-7-14/h3-5,8-14H,6-7H2,1-2H3. The Hall–Kier alpha value is -3.20. The molecule has 0 amide bonds. The summed E-state index contributed by atoms with van der Waals surface area (Å²) < 4.78 is 31.0. The van der Waals surface area contributed by atoms with Crippen LogP contribution in [-0.4, -0.2) is 40.0 Å². The average molecular weight is 408 g/mol. The quantitative estimate of drug-likeness (QED) is 0.507. The second-order valence-electron chi connectivity index (χ2n) is 7.30. The zero-order chi connectivity index (χ0) is 20.2. The van der Waals surface area contributed by atoms with Gasteiger partial charge in [-0.3, -0.25) is 8.99 Å². The summed E-state index contributed by atoms with van der Waals surface area (Å²) in [6.45, 7) is 0. The number of nitrogens with zero attached hydrogens (tertiary/aromatic N) is 6. The highest BCUT2D eigenvalue weighted by Crippen LogP contribution is 2.40. The largest absolute Gasteiger partial charge is 0.267 e. The molecule has 0 N–H and O–H groups in total. The van der Waals surface area contributed by atoms with Crippen LogP contribution >= 0.6 is 0 Å². The highest BCUT2D eigenvalue weighted by atomic mass is 32.2. The van der Waals surface area contributed by atoms with Crippen LogP contribution in [0.3, 0.4) is 0 Å². The molecule has 1 saturated carbocycles. The van der Waals surface area contributed by atoms with Crippen LogP contribution in [0.25, 0.3) is 16.7 Å². The van der Waals surface area contributed by atoms with Gasteiger partial charge in [0.25, 0.3) is 10.0 Å². The maximum atomic E-state index is 13.3. The third kappa shape index (κ3) is 2.98. The number of anilines is 1. The Labute approximate surface area is 168 Å². The number of hydrogen-bond acceptors (Lipinski definition) is 5. The SMILES string of the molecule is CN(c1cccc2cnn(C)c12)S(=O)(=O)c1cnn(-c2cc(C3CC3)ccn2)c1. The van der Waals surface area contributed by atoms with Gasteiger partial charge in [-0.1, -0.05) is 12.1 Å². The minimum atomic E-state index is -3.80. The van der Waals surface area contributed by atoms with Gasteiger partial charge in [0.05, 0.1) is 29.8 Å². The Balaban J connectivity index is 1.52. The summed E-state index contributed by atoms with van der Waals surface area (Å²) in [5.41, 5.74) is 2.53. The molecule has 3 aromatic heterocycles. The summed E-state index contributed by atoms with van der Waals surface area (Å²) in [5, 5.41) is 9.36. The van der Waals surface area contributed by atoms with Gasteiger partial charge >= 0.3 is 0 Å². The van der Waals surface area contributed by atoms with E-state index in [1.807, 2.05) is 24.3 Å². The molecule has 148 valence electrons. The molecule has 0 atom stereocenters. The van der Waals surface area contributed by atoms with E-state index in [4.69, 9.17) is 0 Å². The first-order chi connectivity index (χ1) is 13.9. The van der Waals surface area contributed by atoms with Gasteiger partial charge in [0, 0.05) is 25.7 Å². The van der Waals surface area contributed by atoms with E-state index in [2.05, 4.69) is 15.2 Å². The van der Waals surface area contributed by atoms with Crippen LogP contribution in [0.2, 0.25) is 0 Å². The maximum Gasteiger partial charge on any atom is 0.267 e. The monoisotopic (exact) mass is 408 g/mol.